The number of nitrogens with zero attached hydrogens (tertiary/aromatic N) is 3. The van der Waals surface area contributed by atoms with Gasteiger partial charge in [0.15, 0.2) is 0 Å². The van der Waals surface area contributed by atoms with Crippen molar-refractivity contribution in [3.8, 4) is 0 Å². The van der Waals surface area contributed by atoms with Crippen LogP contribution in [-0.2, 0) is 0 Å². The molecule has 0 aromatic carbocycles. The van der Waals surface area contributed by atoms with Crippen LogP contribution < -0.4 is 0 Å². The van der Waals surface area contributed by atoms with Crippen LogP contribution in [0, 0.1) is 5.92 Å². The lowest BCUT2D eigenvalue weighted by Gasteiger charge is -2.20. The van der Waals surface area contributed by atoms with Gasteiger partial charge in [0.05, 0.1) is 0 Å². The molecule has 2 aliphatic rings. The largest absolute Gasteiger partial charge is 0.299 e. The molecule has 2 aliphatic heterocycles. The predicted molar refractivity (Wildman–Crippen MR) is 63.5 cm³/mol. The first-order chi connectivity index (χ1) is 7.75. The maximum atomic E-state index is 5.95. The van der Waals surface area contributed by atoms with Crippen molar-refractivity contribution in [3.63, 3.8) is 0 Å². The third kappa shape index (κ3) is 1.62. The molecule has 3 heterocycles. The summed E-state index contributed by atoms with van der Waals surface area (Å²) in [6, 6.07) is 2.39. The molecule has 0 amide bonds. The molecular weight excluding hydrogens is 222 g/mol. The molecular formula is C12H16ClN3. The summed E-state index contributed by atoms with van der Waals surface area (Å²) in [4.78, 5) is 11.4. The predicted octanol–water partition coefficient (Wildman–Crippen LogP) is 2.33. The fourth-order valence-corrected chi connectivity index (χ4v) is 3.43. The van der Waals surface area contributed by atoms with Gasteiger partial charge in [0.2, 0.25) is 0 Å². The van der Waals surface area contributed by atoms with Crippen LogP contribution in [0.5, 0.6) is 0 Å². The molecule has 86 valence electrons. The molecule has 0 spiro atoms. The fourth-order valence-electron chi connectivity index (χ4n) is 3.29. The van der Waals surface area contributed by atoms with Crippen molar-refractivity contribution in [2.45, 2.75) is 31.7 Å². The topological polar surface area (TPSA) is 29.0 Å². The van der Waals surface area contributed by atoms with Gasteiger partial charge in [-0.15, -0.1) is 0 Å². The van der Waals surface area contributed by atoms with Gasteiger partial charge in [-0.25, -0.2) is 9.97 Å². The Bertz CT molecular complexity index is 396. The van der Waals surface area contributed by atoms with E-state index < -0.39 is 0 Å². The van der Waals surface area contributed by atoms with Gasteiger partial charge < -0.3 is 0 Å². The van der Waals surface area contributed by atoms with Crippen LogP contribution in [0.1, 0.15) is 31.5 Å². The summed E-state index contributed by atoms with van der Waals surface area (Å²) in [5, 5.41) is 0.564. The standard InChI is InChI=1S/C12H16ClN3/c1-8-7-16-6-2-3-9(16)11(8)12-14-5-4-10(13)15-12/h4-5,8-9,11H,2-3,6-7H2,1H3. The third-order valence-electron chi connectivity index (χ3n) is 3.90. The van der Waals surface area contributed by atoms with Crippen LogP contribution in [0.2, 0.25) is 5.15 Å². The maximum absolute atomic E-state index is 5.95. The van der Waals surface area contributed by atoms with E-state index in [1.807, 2.05) is 0 Å². The first-order valence-electron chi connectivity index (χ1n) is 5.98. The fraction of sp³-hybridized carbons (Fsp3) is 0.667. The highest BCUT2D eigenvalue weighted by Crippen LogP contribution is 2.41. The number of fused-ring (bicyclic) bond motifs is 1. The Balaban J connectivity index is 1.93. The summed E-state index contributed by atoms with van der Waals surface area (Å²) in [5.74, 6) is 2.05. The molecule has 0 bridgehead atoms. The zero-order valence-electron chi connectivity index (χ0n) is 9.43. The highest BCUT2D eigenvalue weighted by atomic mass is 35.5. The molecule has 0 aliphatic carbocycles. The average Bonchev–Trinajstić information content (AvgIpc) is 2.76. The van der Waals surface area contributed by atoms with Gasteiger partial charge in [0, 0.05) is 24.7 Å². The molecule has 0 saturated carbocycles. The van der Waals surface area contributed by atoms with E-state index in [1.54, 1.807) is 12.3 Å². The minimum Gasteiger partial charge on any atom is -0.299 e. The molecule has 16 heavy (non-hydrogen) atoms. The van der Waals surface area contributed by atoms with Crippen molar-refractivity contribution in [1.29, 1.82) is 0 Å². The lowest BCUT2D eigenvalue weighted by atomic mass is 9.89. The number of halogens is 1. The highest BCUT2D eigenvalue weighted by molar-refractivity contribution is 6.29. The van der Waals surface area contributed by atoms with Crippen molar-refractivity contribution in [2.75, 3.05) is 13.1 Å². The number of hydrogen-bond acceptors (Lipinski definition) is 3. The van der Waals surface area contributed by atoms with Crippen molar-refractivity contribution >= 4 is 11.6 Å². The lowest BCUT2D eigenvalue weighted by molar-refractivity contribution is 0.310. The summed E-state index contributed by atoms with van der Waals surface area (Å²) < 4.78 is 0. The van der Waals surface area contributed by atoms with Gasteiger partial charge in [-0.3, -0.25) is 4.90 Å². The Labute approximate surface area is 101 Å². The van der Waals surface area contributed by atoms with Gasteiger partial charge in [-0.1, -0.05) is 18.5 Å². The van der Waals surface area contributed by atoms with Crippen molar-refractivity contribution in [2.24, 2.45) is 5.92 Å². The molecule has 3 unspecified atom stereocenters. The second-order valence-electron chi connectivity index (χ2n) is 4.95. The minimum atomic E-state index is 0.473. The van der Waals surface area contributed by atoms with Crippen molar-refractivity contribution in [3.05, 3.63) is 23.2 Å². The zero-order chi connectivity index (χ0) is 11.1. The van der Waals surface area contributed by atoms with Crippen LogP contribution in [0.4, 0.5) is 0 Å². The number of rotatable bonds is 1. The van der Waals surface area contributed by atoms with E-state index in [-0.39, 0.29) is 0 Å². The monoisotopic (exact) mass is 237 g/mol. The Morgan fingerprint density at radius 1 is 1.50 bits per heavy atom. The summed E-state index contributed by atoms with van der Waals surface area (Å²) in [5.41, 5.74) is 0. The van der Waals surface area contributed by atoms with Gasteiger partial charge in [-0.2, -0.15) is 0 Å². The normalized spacial score (nSPS) is 34.2. The van der Waals surface area contributed by atoms with Gasteiger partial charge in [0.25, 0.3) is 0 Å². The van der Waals surface area contributed by atoms with E-state index in [9.17, 15) is 0 Å². The Kier molecular flexibility index (Phi) is 2.60. The number of aromatic nitrogens is 2. The first-order valence-corrected chi connectivity index (χ1v) is 6.36. The second-order valence-corrected chi connectivity index (χ2v) is 5.33. The summed E-state index contributed by atoms with van der Waals surface area (Å²) >= 11 is 5.95. The van der Waals surface area contributed by atoms with E-state index >= 15 is 0 Å². The Morgan fingerprint density at radius 3 is 3.19 bits per heavy atom. The maximum Gasteiger partial charge on any atom is 0.134 e. The quantitative estimate of drug-likeness (QED) is 0.702. The molecule has 0 radical (unpaired) electrons. The van der Waals surface area contributed by atoms with E-state index in [2.05, 4.69) is 21.8 Å². The van der Waals surface area contributed by atoms with E-state index in [4.69, 9.17) is 11.6 Å². The van der Waals surface area contributed by atoms with Crippen LogP contribution in [0.3, 0.4) is 0 Å². The van der Waals surface area contributed by atoms with E-state index in [1.165, 1.54) is 25.9 Å². The van der Waals surface area contributed by atoms with Gasteiger partial charge >= 0.3 is 0 Å². The first kappa shape index (κ1) is 10.5. The average molecular weight is 238 g/mol. The molecule has 4 heteroatoms. The molecule has 2 fully saturated rings. The molecule has 1 aromatic rings. The van der Waals surface area contributed by atoms with Crippen molar-refractivity contribution < 1.29 is 0 Å². The van der Waals surface area contributed by atoms with E-state index in [0.29, 0.717) is 23.0 Å². The smallest absolute Gasteiger partial charge is 0.134 e. The summed E-state index contributed by atoms with van der Waals surface area (Å²) in [6.45, 7) is 4.73. The minimum absolute atomic E-state index is 0.473. The second kappa shape index (κ2) is 3.97. The molecule has 3 atom stereocenters. The van der Waals surface area contributed by atoms with E-state index in [0.717, 1.165) is 5.82 Å². The molecule has 1 aromatic heterocycles. The highest BCUT2D eigenvalue weighted by Gasteiger charge is 2.43. The van der Waals surface area contributed by atoms with Crippen LogP contribution in [0.15, 0.2) is 12.3 Å². The molecule has 3 nitrogen and oxygen atoms in total. The van der Waals surface area contributed by atoms with Crippen LogP contribution >= 0.6 is 11.6 Å². The SMILES string of the molecule is CC1CN2CCCC2C1c1nccc(Cl)n1. The molecule has 0 N–H and O–H groups in total. The van der Waals surface area contributed by atoms with Crippen molar-refractivity contribution in [1.82, 2.24) is 14.9 Å². The summed E-state index contributed by atoms with van der Waals surface area (Å²) in [6.07, 6.45) is 4.37. The zero-order valence-corrected chi connectivity index (χ0v) is 10.2. The lowest BCUT2D eigenvalue weighted by Crippen LogP contribution is -2.25. The van der Waals surface area contributed by atoms with Crippen LogP contribution in [-0.4, -0.2) is 34.0 Å². The summed E-state index contributed by atoms with van der Waals surface area (Å²) in [7, 11) is 0. The Hall–Kier alpha value is -0.670. The number of hydrogen-bond donors (Lipinski definition) is 0. The Morgan fingerprint density at radius 2 is 2.38 bits per heavy atom. The van der Waals surface area contributed by atoms with Crippen LogP contribution in [0.25, 0.3) is 0 Å². The third-order valence-corrected chi connectivity index (χ3v) is 4.11. The molecule has 3 rings (SSSR count). The molecule has 2 saturated heterocycles. The van der Waals surface area contributed by atoms with Gasteiger partial charge in [0.1, 0.15) is 11.0 Å². The van der Waals surface area contributed by atoms with Gasteiger partial charge in [-0.05, 0) is 31.4 Å².